The Morgan fingerprint density at radius 2 is 2.17 bits per heavy atom. The van der Waals surface area contributed by atoms with Gasteiger partial charge in [0.05, 0.1) is 11.5 Å². The van der Waals surface area contributed by atoms with Gasteiger partial charge in [-0.1, -0.05) is 18.5 Å². The topological polar surface area (TPSA) is 66.4 Å². The molecule has 0 fully saturated rings. The third-order valence-electron chi connectivity index (χ3n) is 2.46. The Labute approximate surface area is 118 Å². The number of carboxylic acid groups (broad SMARTS) is 1. The van der Waals surface area contributed by atoms with Crippen LogP contribution in [0.25, 0.3) is 0 Å². The quantitative estimate of drug-likeness (QED) is 0.870. The second kappa shape index (κ2) is 6.75. The molecule has 0 saturated heterocycles. The Balaban J connectivity index is 2.55. The van der Waals surface area contributed by atoms with Crippen LogP contribution in [0.4, 0.5) is 0 Å². The van der Waals surface area contributed by atoms with Crippen molar-refractivity contribution in [3.8, 4) is 0 Å². The van der Waals surface area contributed by atoms with Gasteiger partial charge in [-0.05, 0) is 40.5 Å². The molecule has 0 spiro atoms. The molecule has 6 heteroatoms. The first-order valence-corrected chi connectivity index (χ1v) is 6.55. The van der Waals surface area contributed by atoms with E-state index in [1.165, 1.54) is 0 Å². The first-order valence-electron chi connectivity index (χ1n) is 5.38. The third kappa shape index (κ3) is 4.31. The predicted molar refractivity (Wildman–Crippen MR) is 72.9 cm³/mol. The second-order valence-electron chi connectivity index (χ2n) is 3.91. The number of rotatable bonds is 5. The lowest BCUT2D eigenvalue weighted by Gasteiger charge is -2.09. The molecule has 1 atom stereocenters. The maximum Gasteiger partial charge on any atom is 0.306 e. The van der Waals surface area contributed by atoms with Crippen molar-refractivity contribution in [2.75, 3.05) is 6.54 Å². The van der Waals surface area contributed by atoms with Gasteiger partial charge in [0, 0.05) is 16.0 Å². The number of nitrogens with one attached hydrogen (secondary N) is 1. The summed E-state index contributed by atoms with van der Waals surface area (Å²) in [5, 5.41) is 11.8. The summed E-state index contributed by atoms with van der Waals surface area (Å²) in [5.41, 5.74) is 0.436. The van der Waals surface area contributed by atoms with Gasteiger partial charge in [0.1, 0.15) is 0 Å². The summed E-state index contributed by atoms with van der Waals surface area (Å²) < 4.78 is 0.649. The highest BCUT2D eigenvalue weighted by atomic mass is 79.9. The van der Waals surface area contributed by atoms with Crippen LogP contribution in [0.2, 0.25) is 5.02 Å². The first-order chi connectivity index (χ1) is 8.41. The molecule has 18 heavy (non-hydrogen) atoms. The molecular weight excluding hydrogens is 321 g/mol. The molecule has 0 heterocycles. The highest BCUT2D eigenvalue weighted by Crippen LogP contribution is 2.21. The van der Waals surface area contributed by atoms with E-state index in [0.29, 0.717) is 28.0 Å². The van der Waals surface area contributed by atoms with Crippen LogP contribution in [0.1, 0.15) is 23.7 Å². The summed E-state index contributed by atoms with van der Waals surface area (Å²) in [7, 11) is 0. The molecule has 1 unspecified atom stereocenters. The lowest BCUT2D eigenvalue weighted by atomic mass is 10.1. The van der Waals surface area contributed by atoms with E-state index < -0.39 is 11.9 Å². The highest BCUT2D eigenvalue weighted by molar-refractivity contribution is 9.10. The minimum Gasteiger partial charge on any atom is -0.481 e. The Morgan fingerprint density at radius 1 is 1.50 bits per heavy atom. The molecule has 4 nitrogen and oxygen atoms in total. The number of amides is 1. The molecule has 0 bridgehead atoms. The van der Waals surface area contributed by atoms with E-state index in [2.05, 4.69) is 21.2 Å². The summed E-state index contributed by atoms with van der Waals surface area (Å²) in [6, 6.07) is 4.92. The van der Waals surface area contributed by atoms with Gasteiger partial charge in [0.2, 0.25) is 0 Å². The average Bonchev–Trinajstić information content (AvgIpc) is 2.31. The standard InChI is InChI=1S/C12H13BrClNO3/c1-7(12(17)18)4-5-15-11(16)9-6-8(14)2-3-10(9)13/h2-3,6-7H,4-5H2,1H3,(H,15,16)(H,17,18). The number of halogens is 2. The monoisotopic (exact) mass is 333 g/mol. The molecule has 0 aliphatic heterocycles. The van der Waals surface area contributed by atoms with Gasteiger partial charge in [0.15, 0.2) is 0 Å². The molecule has 1 aromatic rings. The molecule has 1 amide bonds. The Hall–Kier alpha value is -1.07. The van der Waals surface area contributed by atoms with Gasteiger partial charge < -0.3 is 10.4 Å². The van der Waals surface area contributed by atoms with Gasteiger partial charge in [-0.2, -0.15) is 0 Å². The lowest BCUT2D eigenvalue weighted by molar-refractivity contribution is -0.141. The van der Waals surface area contributed by atoms with Crippen molar-refractivity contribution in [2.24, 2.45) is 5.92 Å². The summed E-state index contributed by atoms with van der Waals surface area (Å²) in [6.45, 7) is 1.91. The van der Waals surface area contributed by atoms with Crippen LogP contribution in [0.5, 0.6) is 0 Å². The van der Waals surface area contributed by atoms with Crippen molar-refractivity contribution in [2.45, 2.75) is 13.3 Å². The number of hydrogen-bond donors (Lipinski definition) is 2. The van der Waals surface area contributed by atoms with Crippen LogP contribution in [0.15, 0.2) is 22.7 Å². The van der Waals surface area contributed by atoms with Gasteiger partial charge >= 0.3 is 5.97 Å². The smallest absolute Gasteiger partial charge is 0.306 e. The fourth-order valence-corrected chi connectivity index (χ4v) is 1.89. The number of aliphatic carboxylic acids is 1. The SMILES string of the molecule is CC(CCNC(=O)c1cc(Cl)ccc1Br)C(=O)O. The van der Waals surface area contributed by atoms with E-state index in [1.54, 1.807) is 25.1 Å². The second-order valence-corrected chi connectivity index (χ2v) is 5.20. The molecule has 0 radical (unpaired) electrons. The molecule has 0 saturated carbocycles. The minimum absolute atomic E-state index is 0.276. The molecular formula is C12H13BrClNO3. The molecule has 1 aromatic carbocycles. The Kier molecular flexibility index (Phi) is 5.62. The maximum atomic E-state index is 11.8. The number of benzene rings is 1. The number of carboxylic acids is 1. The van der Waals surface area contributed by atoms with Gasteiger partial charge in [-0.15, -0.1) is 0 Å². The predicted octanol–water partition coefficient (Wildman–Crippen LogP) is 2.94. The van der Waals surface area contributed by atoms with E-state index in [9.17, 15) is 9.59 Å². The first kappa shape index (κ1) is 15.0. The van der Waals surface area contributed by atoms with Crippen LogP contribution >= 0.6 is 27.5 Å². The van der Waals surface area contributed by atoms with E-state index >= 15 is 0 Å². The van der Waals surface area contributed by atoms with Crippen molar-refractivity contribution >= 4 is 39.4 Å². The highest BCUT2D eigenvalue weighted by Gasteiger charge is 2.13. The van der Waals surface area contributed by atoms with E-state index in [0.717, 1.165) is 0 Å². The molecule has 0 aliphatic rings. The maximum absolute atomic E-state index is 11.8. The molecule has 1 rings (SSSR count). The van der Waals surface area contributed by atoms with Crippen molar-refractivity contribution in [1.29, 1.82) is 0 Å². The zero-order chi connectivity index (χ0) is 13.7. The van der Waals surface area contributed by atoms with Crippen LogP contribution in [-0.2, 0) is 4.79 Å². The Bertz CT molecular complexity index is 465. The molecule has 98 valence electrons. The summed E-state index contributed by atoms with van der Waals surface area (Å²) in [4.78, 5) is 22.4. The normalized spacial score (nSPS) is 11.9. The lowest BCUT2D eigenvalue weighted by Crippen LogP contribution is -2.27. The van der Waals surface area contributed by atoms with E-state index in [1.807, 2.05) is 0 Å². The van der Waals surface area contributed by atoms with Gasteiger partial charge in [-0.3, -0.25) is 9.59 Å². The largest absolute Gasteiger partial charge is 0.481 e. The fourth-order valence-electron chi connectivity index (χ4n) is 1.29. The average molecular weight is 335 g/mol. The number of carbonyl (C=O) groups excluding carboxylic acids is 1. The van der Waals surface area contributed by atoms with Crippen molar-refractivity contribution in [1.82, 2.24) is 5.32 Å². The van der Waals surface area contributed by atoms with E-state index in [-0.39, 0.29) is 5.91 Å². The summed E-state index contributed by atoms with van der Waals surface area (Å²) >= 11 is 9.07. The zero-order valence-corrected chi connectivity index (χ0v) is 12.1. The summed E-state index contributed by atoms with van der Waals surface area (Å²) in [5.74, 6) is -1.62. The van der Waals surface area contributed by atoms with Gasteiger partial charge in [0.25, 0.3) is 5.91 Å². The van der Waals surface area contributed by atoms with Gasteiger partial charge in [-0.25, -0.2) is 0 Å². The zero-order valence-electron chi connectivity index (χ0n) is 9.74. The van der Waals surface area contributed by atoms with Crippen LogP contribution in [0, 0.1) is 5.92 Å². The van der Waals surface area contributed by atoms with E-state index in [4.69, 9.17) is 16.7 Å². The van der Waals surface area contributed by atoms with Crippen molar-refractivity contribution in [3.63, 3.8) is 0 Å². The van der Waals surface area contributed by atoms with Crippen LogP contribution < -0.4 is 5.32 Å². The molecule has 2 N–H and O–H groups in total. The molecule has 0 aliphatic carbocycles. The van der Waals surface area contributed by atoms with Crippen molar-refractivity contribution < 1.29 is 14.7 Å². The van der Waals surface area contributed by atoms with Crippen LogP contribution in [0.3, 0.4) is 0 Å². The van der Waals surface area contributed by atoms with Crippen LogP contribution in [-0.4, -0.2) is 23.5 Å². The number of hydrogen-bond acceptors (Lipinski definition) is 2. The van der Waals surface area contributed by atoms with Crippen molar-refractivity contribution in [3.05, 3.63) is 33.3 Å². The fraction of sp³-hybridized carbons (Fsp3) is 0.333. The number of carbonyl (C=O) groups is 2. The Morgan fingerprint density at radius 3 is 2.78 bits per heavy atom. The summed E-state index contributed by atoms with van der Waals surface area (Å²) in [6.07, 6.45) is 0.388. The molecule has 0 aromatic heterocycles. The minimum atomic E-state index is -0.867. The third-order valence-corrected chi connectivity index (χ3v) is 3.38.